The van der Waals surface area contributed by atoms with E-state index >= 15 is 0 Å². The minimum atomic E-state index is -0.489. The summed E-state index contributed by atoms with van der Waals surface area (Å²) in [4.78, 5) is 26.9. The molecular weight excluding hydrogens is 331 g/mol. The molecule has 2 amide bonds. The van der Waals surface area contributed by atoms with Crippen LogP contribution < -0.4 is 10.2 Å². The Morgan fingerprint density at radius 2 is 1.77 bits per heavy atom. The molecule has 3 rings (SSSR count). The van der Waals surface area contributed by atoms with Gasteiger partial charge in [0.1, 0.15) is 5.82 Å². The molecule has 26 heavy (non-hydrogen) atoms. The Kier molecular flexibility index (Phi) is 5.35. The molecule has 136 valence electrons. The lowest BCUT2D eigenvalue weighted by molar-refractivity contribution is -0.122. The molecule has 2 aromatic carbocycles. The van der Waals surface area contributed by atoms with Crippen molar-refractivity contribution in [2.24, 2.45) is 5.92 Å². The zero-order valence-corrected chi connectivity index (χ0v) is 15.1. The summed E-state index contributed by atoms with van der Waals surface area (Å²) in [6.07, 6.45) is 1.78. The molecule has 1 aliphatic rings. The van der Waals surface area contributed by atoms with E-state index in [0.717, 1.165) is 29.7 Å². The molecule has 1 N–H and O–H groups in total. The van der Waals surface area contributed by atoms with Crippen LogP contribution in [0.1, 0.15) is 31.4 Å². The highest BCUT2D eigenvalue weighted by Crippen LogP contribution is 2.32. The molecule has 1 heterocycles. The number of halogens is 1. The number of aryl methyl sites for hydroxylation is 2. The third-order valence-corrected chi connectivity index (χ3v) is 4.86. The van der Waals surface area contributed by atoms with E-state index in [1.54, 1.807) is 17.0 Å². The molecule has 1 atom stereocenters. The maximum absolute atomic E-state index is 13.8. The number of para-hydroxylation sites is 2. The zero-order chi connectivity index (χ0) is 18.7. The van der Waals surface area contributed by atoms with Crippen LogP contribution in [0, 0.1) is 11.7 Å². The Bertz CT molecular complexity index is 812. The summed E-state index contributed by atoms with van der Waals surface area (Å²) in [5.41, 5.74) is 3.29. The van der Waals surface area contributed by atoms with Gasteiger partial charge in [-0.05, 0) is 36.1 Å². The summed E-state index contributed by atoms with van der Waals surface area (Å²) in [7, 11) is 0. The van der Waals surface area contributed by atoms with Gasteiger partial charge in [-0.3, -0.25) is 9.59 Å². The highest BCUT2D eigenvalue weighted by Gasteiger charge is 2.36. The molecule has 0 saturated carbocycles. The molecule has 1 unspecified atom stereocenters. The molecule has 1 fully saturated rings. The van der Waals surface area contributed by atoms with Crippen LogP contribution in [0.3, 0.4) is 0 Å². The van der Waals surface area contributed by atoms with E-state index in [1.807, 2.05) is 18.2 Å². The summed E-state index contributed by atoms with van der Waals surface area (Å²) in [5.74, 6) is -1.35. The summed E-state index contributed by atoms with van der Waals surface area (Å²) in [6, 6.07) is 12.1. The van der Waals surface area contributed by atoms with Gasteiger partial charge in [0, 0.05) is 18.7 Å². The SMILES string of the molecule is CCc1cccc(CC)c1N1CC(C(=O)Nc2ccccc2F)CC1=O. The van der Waals surface area contributed by atoms with Gasteiger partial charge in [0.25, 0.3) is 0 Å². The largest absolute Gasteiger partial charge is 0.323 e. The molecule has 0 aromatic heterocycles. The summed E-state index contributed by atoms with van der Waals surface area (Å²) >= 11 is 0. The summed E-state index contributed by atoms with van der Waals surface area (Å²) in [5, 5.41) is 2.61. The standard InChI is InChI=1S/C21H23FN2O2/c1-3-14-8-7-9-15(4-2)20(14)24-13-16(12-19(24)25)21(26)23-18-11-6-5-10-17(18)22/h5-11,16H,3-4,12-13H2,1-2H3,(H,23,26). The van der Waals surface area contributed by atoms with Gasteiger partial charge >= 0.3 is 0 Å². The predicted molar refractivity (Wildman–Crippen MR) is 101 cm³/mol. The van der Waals surface area contributed by atoms with E-state index in [1.165, 1.54) is 12.1 Å². The number of hydrogen-bond donors (Lipinski definition) is 1. The first kappa shape index (κ1) is 18.1. The van der Waals surface area contributed by atoms with Gasteiger partial charge < -0.3 is 10.2 Å². The maximum atomic E-state index is 13.8. The quantitative estimate of drug-likeness (QED) is 0.884. The normalized spacial score (nSPS) is 16.8. The minimum Gasteiger partial charge on any atom is -0.323 e. The fourth-order valence-electron chi connectivity index (χ4n) is 3.46. The Morgan fingerprint density at radius 1 is 1.12 bits per heavy atom. The highest BCUT2D eigenvalue weighted by atomic mass is 19.1. The summed E-state index contributed by atoms with van der Waals surface area (Å²) in [6.45, 7) is 4.44. The van der Waals surface area contributed by atoms with Crippen molar-refractivity contribution in [2.75, 3.05) is 16.8 Å². The van der Waals surface area contributed by atoms with E-state index in [0.29, 0.717) is 6.54 Å². The van der Waals surface area contributed by atoms with Gasteiger partial charge in [0.05, 0.1) is 11.6 Å². The fraction of sp³-hybridized carbons (Fsp3) is 0.333. The second-order valence-corrected chi connectivity index (χ2v) is 6.51. The molecule has 1 aliphatic heterocycles. The number of carbonyl (C=O) groups is 2. The van der Waals surface area contributed by atoms with Gasteiger partial charge in [-0.25, -0.2) is 4.39 Å². The number of nitrogens with zero attached hydrogens (tertiary/aromatic N) is 1. The van der Waals surface area contributed by atoms with Gasteiger partial charge in [-0.15, -0.1) is 0 Å². The van der Waals surface area contributed by atoms with Crippen molar-refractivity contribution < 1.29 is 14.0 Å². The molecular formula is C21H23FN2O2. The van der Waals surface area contributed by atoms with E-state index in [9.17, 15) is 14.0 Å². The number of rotatable bonds is 5. The van der Waals surface area contributed by atoms with E-state index in [4.69, 9.17) is 0 Å². The van der Waals surface area contributed by atoms with Gasteiger partial charge in [0.15, 0.2) is 0 Å². The molecule has 0 radical (unpaired) electrons. The lowest BCUT2D eigenvalue weighted by atomic mass is 10.0. The Balaban J connectivity index is 1.81. The molecule has 0 bridgehead atoms. The van der Waals surface area contributed by atoms with Crippen LogP contribution in [0.5, 0.6) is 0 Å². The second-order valence-electron chi connectivity index (χ2n) is 6.51. The average Bonchev–Trinajstić information content (AvgIpc) is 3.04. The van der Waals surface area contributed by atoms with Gasteiger partial charge in [-0.1, -0.05) is 44.2 Å². The van der Waals surface area contributed by atoms with Crippen LogP contribution in [0.4, 0.5) is 15.8 Å². The van der Waals surface area contributed by atoms with Crippen LogP contribution in [0.25, 0.3) is 0 Å². The number of benzene rings is 2. The van der Waals surface area contributed by atoms with E-state index < -0.39 is 11.7 Å². The third-order valence-electron chi connectivity index (χ3n) is 4.86. The Hall–Kier alpha value is -2.69. The van der Waals surface area contributed by atoms with Crippen LogP contribution in [0.2, 0.25) is 0 Å². The summed E-state index contributed by atoms with van der Waals surface area (Å²) < 4.78 is 13.8. The van der Waals surface area contributed by atoms with Gasteiger partial charge in [0.2, 0.25) is 11.8 Å². The highest BCUT2D eigenvalue weighted by molar-refractivity contribution is 6.04. The predicted octanol–water partition coefficient (Wildman–Crippen LogP) is 3.94. The van der Waals surface area contributed by atoms with Crippen LogP contribution >= 0.6 is 0 Å². The third kappa shape index (κ3) is 3.47. The first-order valence-electron chi connectivity index (χ1n) is 9.01. The maximum Gasteiger partial charge on any atom is 0.229 e. The van der Waals surface area contributed by atoms with Crippen LogP contribution in [-0.2, 0) is 22.4 Å². The molecule has 2 aromatic rings. The minimum absolute atomic E-state index is 0.0608. The first-order valence-corrected chi connectivity index (χ1v) is 9.01. The first-order chi connectivity index (χ1) is 12.5. The molecule has 1 saturated heterocycles. The lowest BCUT2D eigenvalue weighted by Gasteiger charge is -2.23. The van der Waals surface area contributed by atoms with E-state index in [2.05, 4.69) is 19.2 Å². The average molecular weight is 354 g/mol. The van der Waals surface area contributed by atoms with Crippen molar-refractivity contribution in [1.82, 2.24) is 0 Å². The van der Waals surface area contributed by atoms with Crippen LogP contribution in [-0.4, -0.2) is 18.4 Å². The van der Waals surface area contributed by atoms with Crippen molar-refractivity contribution in [3.05, 3.63) is 59.4 Å². The Labute approximate surface area is 153 Å². The monoisotopic (exact) mass is 354 g/mol. The number of anilines is 2. The van der Waals surface area contributed by atoms with Gasteiger partial charge in [-0.2, -0.15) is 0 Å². The van der Waals surface area contributed by atoms with Crippen molar-refractivity contribution in [3.8, 4) is 0 Å². The number of hydrogen-bond acceptors (Lipinski definition) is 2. The topological polar surface area (TPSA) is 49.4 Å². The second kappa shape index (κ2) is 7.68. The fourth-order valence-corrected chi connectivity index (χ4v) is 3.46. The van der Waals surface area contributed by atoms with Crippen molar-refractivity contribution in [3.63, 3.8) is 0 Å². The lowest BCUT2D eigenvalue weighted by Crippen LogP contribution is -2.29. The van der Waals surface area contributed by atoms with Crippen LogP contribution in [0.15, 0.2) is 42.5 Å². The van der Waals surface area contributed by atoms with E-state index in [-0.39, 0.29) is 23.9 Å². The molecule has 5 heteroatoms. The van der Waals surface area contributed by atoms with Crippen molar-refractivity contribution in [2.45, 2.75) is 33.1 Å². The number of carbonyl (C=O) groups excluding carboxylic acids is 2. The van der Waals surface area contributed by atoms with Crippen molar-refractivity contribution in [1.29, 1.82) is 0 Å². The van der Waals surface area contributed by atoms with Crippen molar-refractivity contribution >= 4 is 23.2 Å². The number of nitrogens with one attached hydrogen (secondary N) is 1. The molecule has 0 aliphatic carbocycles. The smallest absolute Gasteiger partial charge is 0.229 e. The molecule has 0 spiro atoms. The number of amides is 2. The molecule has 4 nitrogen and oxygen atoms in total. The Morgan fingerprint density at radius 3 is 2.38 bits per heavy atom. The zero-order valence-electron chi connectivity index (χ0n) is 15.1.